The number of hydrogen-bond acceptors (Lipinski definition) is 2. The minimum Gasteiger partial charge on any atom is -0.446 e. The average molecular weight is 197 g/mol. The lowest BCUT2D eigenvalue weighted by Crippen LogP contribution is -2.40. The van der Waals surface area contributed by atoms with E-state index in [1.165, 1.54) is 6.42 Å². The summed E-state index contributed by atoms with van der Waals surface area (Å²) in [6, 6.07) is 0. The molecule has 0 aromatic rings. The lowest BCUT2D eigenvalue weighted by Gasteiger charge is -2.33. The van der Waals surface area contributed by atoms with E-state index in [2.05, 4.69) is 6.92 Å². The number of carbonyl (C=O) groups is 1. The van der Waals surface area contributed by atoms with Crippen molar-refractivity contribution in [3.63, 3.8) is 0 Å². The Morgan fingerprint density at radius 3 is 2.36 bits per heavy atom. The first-order valence-corrected chi connectivity index (χ1v) is 5.71. The van der Waals surface area contributed by atoms with E-state index in [1.54, 1.807) is 0 Å². The maximum absolute atomic E-state index is 11.6. The molecular weight excluding hydrogens is 178 g/mol. The Morgan fingerprint density at radius 2 is 1.86 bits per heavy atom. The highest BCUT2D eigenvalue weighted by Crippen LogP contribution is 2.24. The Morgan fingerprint density at radius 1 is 1.21 bits per heavy atom. The predicted molar refractivity (Wildman–Crippen MR) is 54.1 cm³/mol. The highest BCUT2D eigenvalue weighted by molar-refractivity contribution is 5.68. The van der Waals surface area contributed by atoms with Crippen LogP contribution >= 0.6 is 0 Å². The third-order valence-corrected chi connectivity index (χ3v) is 3.36. The lowest BCUT2D eigenvalue weighted by molar-refractivity contribution is 0.0211. The molecule has 0 N–H and O–H groups in total. The van der Waals surface area contributed by atoms with Crippen molar-refractivity contribution in [1.82, 2.24) is 4.90 Å². The molecule has 2 fully saturated rings. The fraction of sp³-hybridized carbons (Fsp3) is 0.909. The number of carbonyl (C=O) groups excluding carboxylic acids is 1. The van der Waals surface area contributed by atoms with Crippen LogP contribution in [0.15, 0.2) is 0 Å². The monoisotopic (exact) mass is 197 g/mol. The van der Waals surface area contributed by atoms with Gasteiger partial charge in [0.1, 0.15) is 6.10 Å². The molecule has 0 unspecified atom stereocenters. The predicted octanol–water partition coefficient (Wildman–Crippen LogP) is 2.41. The number of rotatable bonds is 1. The van der Waals surface area contributed by atoms with Gasteiger partial charge in [-0.25, -0.2) is 4.79 Å². The molecule has 80 valence electrons. The molecule has 1 saturated heterocycles. The summed E-state index contributed by atoms with van der Waals surface area (Å²) in [6.07, 6.45) is 5.74. The zero-order valence-corrected chi connectivity index (χ0v) is 8.87. The SMILES string of the molecule is CC1CCN(C(=O)OC2CCC2)CC1. The summed E-state index contributed by atoms with van der Waals surface area (Å²) in [5.74, 6) is 0.766. The Bertz CT molecular complexity index is 205. The quantitative estimate of drug-likeness (QED) is 0.646. The van der Waals surface area contributed by atoms with Crippen LogP contribution in [0, 0.1) is 5.92 Å². The first-order valence-electron chi connectivity index (χ1n) is 5.71. The number of nitrogens with zero attached hydrogens (tertiary/aromatic N) is 1. The molecule has 14 heavy (non-hydrogen) atoms. The summed E-state index contributed by atoms with van der Waals surface area (Å²) < 4.78 is 5.35. The maximum Gasteiger partial charge on any atom is 0.410 e. The van der Waals surface area contributed by atoms with Crippen molar-refractivity contribution in [2.45, 2.75) is 45.1 Å². The second-order valence-electron chi connectivity index (χ2n) is 4.61. The van der Waals surface area contributed by atoms with Gasteiger partial charge in [-0.05, 0) is 38.0 Å². The van der Waals surface area contributed by atoms with Crippen molar-refractivity contribution in [3.05, 3.63) is 0 Å². The van der Waals surface area contributed by atoms with Crippen molar-refractivity contribution >= 4 is 6.09 Å². The van der Waals surface area contributed by atoms with Crippen LogP contribution in [0.2, 0.25) is 0 Å². The molecule has 1 amide bonds. The van der Waals surface area contributed by atoms with E-state index in [0.717, 1.165) is 44.7 Å². The van der Waals surface area contributed by atoms with E-state index >= 15 is 0 Å². The third kappa shape index (κ3) is 2.20. The number of piperidine rings is 1. The number of amides is 1. The van der Waals surface area contributed by atoms with Crippen LogP contribution in [0.25, 0.3) is 0 Å². The van der Waals surface area contributed by atoms with Gasteiger partial charge in [0.25, 0.3) is 0 Å². The summed E-state index contributed by atoms with van der Waals surface area (Å²) >= 11 is 0. The summed E-state index contributed by atoms with van der Waals surface area (Å²) in [4.78, 5) is 13.5. The van der Waals surface area contributed by atoms with E-state index in [-0.39, 0.29) is 12.2 Å². The van der Waals surface area contributed by atoms with Crippen LogP contribution in [0.3, 0.4) is 0 Å². The third-order valence-electron chi connectivity index (χ3n) is 3.36. The van der Waals surface area contributed by atoms with Gasteiger partial charge in [0.2, 0.25) is 0 Å². The average Bonchev–Trinajstić information content (AvgIpc) is 2.12. The van der Waals surface area contributed by atoms with Crippen LogP contribution in [-0.2, 0) is 4.74 Å². The fourth-order valence-electron chi connectivity index (χ4n) is 1.90. The van der Waals surface area contributed by atoms with Crippen molar-refractivity contribution < 1.29 is 9.53 Å². The minimum atomic E-state index is -0.0819. The molecule has 0 aromatic heterocycles. The molecule has 0 aromatic carbocycles. The van der Waals surface area contributed by atoms with Crippen LogP contribution in [-0.4, -0.2) is 30.2 Å². The Labute approximate surface area is 85.4 Å². The van der Waals surface area contributed by atoms with Crippen molar-refractivity contribution in [2.75, 3.05) is 13.1 Å². The van der Waals surface area contributed by atoms with E-state index in [1.807, 2.05) is 4.90 Å². The normalized spacial score (nSPS) is 24.5. The second-order valence-corrected chi connectivity index (χ2v) is 4.61. The first kappa shape index (κ1) is 9.81. The molecule has 0 radical (unpaired) electrons. The molecular formula is C11H19NO2. The molecule has 0 atom stereocenters. The zero-order valence-electron chi connectivity index (χ0n) is 8.87. The van der Waals surface area contributed by atoms with Crippen LogP contribution in [0.4, 0.5) is 4.79 Å². The largest absolute Gasteiger partial charge is 0.446 e. The molecule has 2 rings (SSSR count). The summed E-state index contributed by atoms with van der Waals surface area (Å²) in [5.41, 5.74) is 0. The fourth-order valence-corrected chi connectivity index (χ4v) is 1.90. The zero-order chi connectivity index (χ0) is 9.97. The number of likely N-dealkylation sites (tertiary alicyclic amines) is 1. The standard InChI is InChI=1S/C11H19NO2/c1-9-5-7-12(8-6-9)11(13)14-10-3-2-4-10/h9-10H,2-8H2,1H3. The number of ether oxygens (including phenoxy) is 1. The van der Waals surface area contributed by atoms with Gasteiger partial charge in [-0.2, -0.15) is 0 Å². The van der Waals surface area contributed by atoms with Crippen molar-refractivity contribution in [3.8, 4) is 0 Å². The van der Waals surface area contributed by atoms with Crippen LogP contribution in [0.1, 0.15) is 39.0 Å². The van der Waals surface area contributed by atoms with Crippen LogP contribution < -0.4 is 0 Å². The molecule has 1 saturated carbocycles. The van der Waals surface area contributed by atoms with Crippen molar-refractivity contribution in [1.29, 1.82) is 0 Å². The van der Waals surface area contributed by atoms with Gasteiger partial charge in [0, 0.05) is 13.1 Å². The van der Waals surface area contributed by atoms with Gasteiger partial charge >= 0.3 is 6.09 Å². The van der Waals surface area contributed by atoms with Gasteiger partial charge in [-0.1, -0.05) is 6.92 Å². The van der Waals surface area contributed by atoms with Crippen LogP contribution in [0.5, 0.6) is 0 Å². The Kier molecular flexibility index (Phi) is 2.94. The number of hydrogen-bond donors (Lipinski definition) is 0. The molecule has 3 nitrogen and oxygen atoms in total. The van der Waals surface area contributed by atoms with Gasteiger partial charge in [0.05, 0.1) is 0 Å². The Balaban J connectivity index is 1.74. The van der Waals surface area contributed by atoms with Crippen molar-refractivity contribution in [2.24, 2.45) is 5.92 Å². The van der Waals surface area contributed by atoms with Gasteiger partial charge in [-0.15, -0.1) is 0 Å². The minimum absolute atomic E-state index is 0.0819. The van der Waals surface area contributed by atoms with Gasteiger partial charge < -0.3 is 9.64 Å². The molecule has 0 spiro atoms. The molecule has 2 aliphatic rings. The molecule has 1 heterocycles. The Hall–Kier alpha value is -0.730. The highest BCUT2D eigenvalue weighted by Gasteiger charge is 2.26. The van der Waals surface area contributed by atoms with E-state index < -0.39 is 0 Å². The van der Waals surface area contributed by atoms with Gasteiger partial charge in [0.15, 0.2) is 0 Å². The lowest BCUT2D eigenvalue weighted by atomic mass is 9.96. The van der Waals surface area contributed by atoms with E-state index in [0.29, 0.717) is 0 Å². The molecule has 1 aliphatic heterocycles. The van der Waals surface area contributed by atoms with E-state index in [9.17, 15) is 4.79 Å². The topological polar surface area (TPSA) is 29.5 Å². The summed E-state index contributed by atoms with van der Waals surface area (Å²) in [7, 11) is 0. The molecule has 0 bridgehead atoms. The summed E-state index contributed by atoms with van der Waals surface area (Å²) in [5, 5.41) is 0. The maximum atomic E-state index is 11.6. The van der Waals surface area contributed by atoms with Gasteiger partial charge in [-0.3, -0.25) is 0 Å². The summed E-state index contributed by atoms with van der Waals surface area (Å²) in [6.45, 7) is 4.01. The van der Waals surface area contributed by atoms with E-state index in [4.69, 9.17) is 4.74 Å². The molecule has 1 aliphatic carbocycles. The highest BCUT2D eigenvalue weighted by atomic mass is 16.6. The molecule has 3 heteroatoms. The smallest absolute Gasteiger partial charge is 0.410 e. The first-order chi connectivity index (χ1) is 6.75. The second kappa shape index (κ2) is 4.20.